The average molecular weight is 1010 g/mol. The molecule has 24 heteroatoms. The number of hydrogen-bond acceptors (Lipinski definition) is 13. The van der Waals surface area contributed by atoms with E-state index in [2.05, 4.69) is 36.9 Å². The largest absolute Gasteiger partial charge is 0.480 e. The summed E-state index contributed by atoms with van der Waals surface area (Å²) in [5, 5.41) is 47.2. The van der Waals surface area contributed by atoms with Gasteiger partial charge in [-0.25, -0.2) is 4.79 Å². The predicted octanol–water partition coefficient (Wildman–Crippen LogP) is -2.79. The maximum atomic E-state index is 14.3. The molecule has 72 heavy (non-hydrogen) atoms. The number of nitrogens with zero attached hydrogens (tertiary/aromatic N) is 1. The van der Waals surface area contributed by atoms with Crippen LogP contribution in [0.25, 0.3) is 10.9 Å². The Kier molecular flexibility index (Phi) is 21.2. The van der Waals surface area contributed by atoms with Crippen molar-refractivity contribution in [3.05, 3.63) is 71.9 Å². The lowest BCUT2D eigenvalue weighted by atomic mass is 10.0. The second-order valence-electron chi connectivity index (χ2n) is 18.4. The number of benzene rings is 2. The van der Waals surface area contributed by atoms with Crippen LogP contribution in [0, 0.1) is 5.92 Å². The third-order valence-corrected chi connectivity index (χ3v) is 12.0. The molecule has 0 bridgehead atoms. The average Bonchev–Trinajstić information content (AvgIpc) is 3.98. The molecule has 0 spiro atoms. The molecule has 4 rings (SSSR count). The summed E-state index contributed by atoms with van der Waals surface area (Å²) in [5.74, 6) is -9.80. The van der Waals surface area contributed by atoms with Gasteiger partial charge in [-0.05, 0) is 62.6 Å². The number of nitrogens with one attached hydrogen (secondary N) is 7. The minimum atomic E-state index is -1.73. The maximum absolute atomic E-state index is 14.3. The zero-order valence-electron chi connectivity index (χ0n) is 40.6. The lowest BCUT2D eigenvalue weighted by Crippen LogP contribution is -2.63. The van der Waals surface area contributed by atoms with Crippen molar-refractivity contribution in [1.29, 1.82) is 0 Å². The Morgan fingerprint density at radius 2 is 1.26 bits per heavy atom. The van der Waals surface area contributed by atoms with E-state index in [9.17, 15) is 63.3 Å². The third kappa shape index (κ3) is 16.6. The molecule has 16 N–H and O–H groups in total. The van der Waals surface area contributed by atoms with Crippen LogP contribution in [0.15, 0.2) is 60.8 Å². The van der Waals surface area contributed by atoms with Crippen molar-refractivity contribution >= 4 is 70.0 Å². The molecular formula is C48H67N11O13. The fraction of sp³-hybridized carbons (Fsp3) is 0.500. The number of aliphatic hydroxyl groups excluding tert-OH is 2. The van der Waals surface area contributed by atoms with Crippen molar-refractivity contribution < 1.29 is 63.3 Å². The van der Waals surface area contributed by atoms with Crippen molar-refractivity contribution in [2.45, 2.75) is 140 Å². The van der Waals surface area contributed by atoms with Gasteiger partial charge in [-0.3, -0.25) is 43.2 Å². The van der Waals surface area contributed by atoms with Crippen molar-refractivity contribution in [3.8, 4) is 0 Å². The zero-order chi connectivity index (χ0) is 53.4. The molecule has 2 heterocycles. The molecule has 0 aliphatic carbocycles. The Hall–Kier alpha value is -7.44. The van der Waals surface area contributed by atoms with E-state index in [1.807, 2.05) is 0 Å². The van der Waals surface area contributed by atoms with Gasteiger partial charge in [0.1, 0.15) is 42.3 Å². The standard InChI is InChI=1S/C48H67N11O13/c1-24(2)19-32(53-41(64)30(49)16-17-37(50)62)43(66)57-39(25(3)60)46(69)55-33(20-27-11-6-5-7-12-27)44(67)58-40(26(4)61)47(70)59-18-10-15-36(59)45(68)54-34(22-38(51)63)42(65)56-35(48(71)72)21-28-23-52-31-14-9-8-13-29(28)31/h5-9,11-14,23-26,30,32-36,39-40,52,60-61H,10,15-22,49H2,1-4H3,(H2,50,62)(H2,51,63)(H,53,64)(H,54,68)(H,55,69)(H,56,65)(H,57,66)(H,58,67)(H,71,72)/t25-,26-,30+,32+,33+,34+,35+,36+,39+,40+/m1/s1. The van der Waals surface area contributed by atoms with Crippen LogP contribution in [0.4, 0.5) is 0 Å². The van der Waals surface area contributed by atoms with E-state index in [1.54, 1.807) is 74.6 Å². The van der Waals surface area contributed by atoms with Gasteiger partial charge >= 0.3 is 5.97 Å². The molecule has 0 unspecified atom stereocenters. The van der Waals surface area contributed by atoms with Crippen LogP contribution in [0.3, 0.4) is 0 Å². The highest BCUT2D eigenvalue weighted by atomic mass is 16.4. The SMILES string of the molecule is CC(C)C[C@H](NC(=O)[C@@H](N)CCC(N)=O)C(=O)N[C@H](C(=O)N[C@@H](Cc1ccccc1)C(=O)N[C@H](C(=O)N1CCC[C@H]1C(=O)N[C@@H](CC(N)=O)C(=O)N[C@@H](Cc1c[nH]c2ccccc12)C(=O)O)[C@@H](C)O)[C@@H](C)O. The number of carboxylic acids is 1. The Bertz CT molecular complexity index is 2430. The van der Waals surface area contributed by atoms with E-state index in [0.717, 1.165) is 15.8 Å². The fourth-order valence-electron chi connectivity index (χ4n) is 8.19. The molecule has 1 aromatic heterocycles. The van der Waals surface area contributed by atoms with Gasteiger partial charge in [-0.1, -0.05) is 62.4 Å². The highest BCUT2D eigenvalue weighted by Gasteiger charge is 2.42. The van der Waals surface area contributed by atoms with E-state index >= 15 is 0 Å². The molecule has 1 aliphatic rings. The summed E-state index contributed by atoms with van der Waals surface area (Å²) < 4.78 is 0. The first-order valence-corrected chi connectivity index (χ1v) is 23.6. The van der Waals surface area contributed by atoms with E-state index in [1.165, 1.54) is 13.8 Å². The molecule has 24 nitrogen and oxygen atoms in total. The maximum Gasteiger partial charge on any atom is 0.326 e. The highest BCUT2D eigenvalue weighted by Crippen LogP contribution is 2.22. The summed E-state index contributed by atoms with van der Waals surface area (Å²) in [4.78, 5) is 136. The smallest absolute Gasteiger partial charge is 0.326 e. The minimum absolute atomic E-state index is 0.0459. The summed E-state index contributed by atoms with van der Waals surface area (Å²) >= 11 is 0. The molecule has 392 valence electrons. The van der Waals surface area contributed by atoms with Gasteiger partial charge in [0.25, 0.3) is 0 Å². The number of hydrogen-bond donors (Lipinski definition) is 13. The van der Waals surface area contributed by atoms with E-state index in [-0.39, 0.29) is 57.4 Å². The first-order valence-electron chi connectivity index (χ1n) is 23.6. The van der Waals surface area contributed by atoms with Gasteiger partial charge in [0.05, 0.1) is 24.7 Å². The van der Waals surface area contributed by atoms with Gasteiger partial charge in [0.2, 0.25) is 53.2 Å². The third-order valence-electron chi connectivity index (χ3n) is 12.0. The van der Waals surface area contributed by atoms with Crippen molar-refractivity contribution in [2.24, 2.45) is 23.1 Å². The number of primary amides is 2. The second kappa shape index (κ2) is 26.7. The molecule has 1 saturated heterocycles. The number of carboxylic acid groups (broad SMARTS) is 1. The zero-order valence-corrected chi connectivity index (χ0v) is 40.6. The number of aromatic nitrogens is 1. The number of likely N-dealkylation sites (tertiary alicyclic amines) is 1. The summed E-state index contributed by atoms with van der Waals surface area (Å²) in [6.07, 6.45) is -2.56. The second-order valence-corrected chi connectivity index (χ2v) is 18.4. The van der Waals surface area contributed by atoms with E-state index in [0.29, 0.717) is 11.1 Å². The molecule has 3 aromatic rings. The molecule has 1 fully saturated rings. The number of H-pyrrole nitrogens is 1. The molecular weight excluding hydrogens is 939 g/mol. The van der Waals surface area contributed by atoms with Crippen LogP contribution < -0.4 is 49.1 Å². The van der Waals surface area contributed by atoms with Crippen LogP contribution in [0.2, 0.25) is 0 Å². The first-order chi connectivity index (χ1) is 34.0. The van der Waals surface area contributed by atoms with Crippen molar-refractivity contribution in [2.75, 3.05) is 6.54 Å². The number of carbonyl (C=O) groups excluding carboxylic acids is 9. The van der Waals surface area contributed by atoms with Gasteiger partial charge in [-0.15, -0.1) is 0 Å². The molecule has 0 saturated carbocycles. The Labute approximate surface area is 415 Å². The summed E-state index contributed by atoms with van der Waals surface area (Å²) in [5.41, 5.74) is 18.4. The summed E-state index contributed by atoms with van der Waals surface area (Å²) in [6, 6.07) is 3.60. The quantitative estimate of drug-likeness (QED) is 0.0368. The van der Waals surface area contributed by atoms with Gasteiger partial charge in [0, 0.05) is 42.9 Å². The highest BCUT2D eigenvalue weighted by molar-refractivity contribution is 5.99. The number of aliphatic hydroxyl groups is 2. The van der Waals surface area contributed by atoms with Gasteiger partial charge in [0.15, 0.2) is 0 Å². The van der Waals surface area contributed by atoms with Gasteiger partial charge in [-0.2, -0.15) is 0 Å². The summed E-state index contributed by atoms with van der Waals surface area (Å²) in [7, 11) is 0. The normalized spacial score (nSPS) is 17.2. The molecule has 1 aliphatic heterocycles. The number of fused-ring (bicyclic) bond motifs is 1. The minimum Gasteiger partial charge on any atom is -0.480 e. The lowest BCUT2D eigenvalue weighted by Gasteiger charge is -2.32. The van der Waals surface area contributed by atoms with Crippen molar-refractivity contribution in [3.63, 3.8) is 0 Å². The lowest BCUT2D eigenvalue weighted by molar-refractivity contribution is -0.145. The van der Waals surface area contributed by atoms with E-state index < -0.39 is 126 Å². The van der Waals surface area contributed by atoms with Crippen LogP contribution in [0.1, 0.15) is 77.3 Å². The topological polar surface area (TPSA) is 401 Å². The van der Waals surface area contributed by atoms with Crippen LogP contribution in [0.5, 0.6) is 0 Å². The number of aliphatic carboxylic acids is 1. The fourth-order valence-corrected chi connectivity index (χ4v) is 8.19. The van der Waals surface area contributed by atoms with Gasteiger partial charge < -0.3 is 74.3 Å². The summed E-state index contributed by atoms with van der Waals surface area (Å²) in [6.45, 7) is 5.90. The van der Waals surface area contributed by atoms with Crippen LogP contribution in [-0.2, 0) is 60.8 Å². The first kappa shape index (κ1) is 57.1. The Morgan fingerprint density at radius 1 is 0.681 bits per heavy atom. The number of carbonyl (C=O) groups is 10. The van der Waals surface area contributed by atoms with Crippen molar-refractivity contribution in [1.82, 2.24) is 41.8 Å². The molecule has 9 amide bonds. The molecule has 2 aromatic carbocycles. The van der Waals surface area contributed by atoms with Crippen LogP contribution >= 0.6 is 0 Å². The number of para-hydroxylation sites is 1. The number of rotatable bonds is 27. The number of aromatic amines is 1. The number of nitrogens with two attached hydrogens (primary N) is 3. The molecule has 10 atom stereocenters. The Balaban J connectivity index is 1.51. The predicted molar refractivity (Wildman–Crippen MR) is 259 cm³/mol. The Morgan fingerprint density at radius 3 is 1.88 bits per heavy atom. The monoisotopic (exact) mass is 1010 g/mol. The molecule has 0 radical (unpaired) electrons. The van der Waals surface area contributed by atoms with Crippen LogP contribution in [-0.4, -0.2) is 151 Å². The van der Waals surface area contributed by atoms with E-state index in [4.69, 9.17) is 17.2 Å². The number of amides is 9.